The number of rotatable bonds is 5. The van der Waals surface area contributed by atoms with Crippen LogP contribution in [0.3, 0.4) is 0 Å². The maximum Gasteiger partial charge on any atom is 0.260 e. The average molecular weight is 318 g/mol. The summed E-state index contributed by atoms with van der Waals surface area (Å²) in [6, 6.07) is -0.0219. The molecule has 1 fully saturated rings. The second-order valence-electron chi connectivity index (χ2n) is 5.12. The van der Waals surface area contributed by atoms with Gasteiger partial charge < -0.3 is 5.73 Å². The van der Waals surface area contributed by atoms with E-state index < -0.39 is 10.0 Å². The minimum absolute atomic E-state index is 0.0219. The van der Waals surface area contributed by atoms with Gasteiger partial charge in [0.15, 0.2) is 5.03 Å². The Morgan fingerprint density at radius 1 is 1.45 bits per heavy atom. The Balaban J connectivity index is 2.22. The number of nitrogens with two attached hydrogens (primary N) is 1. The van der Waals surface area contributed by atoms with E-state index in [4.69, 9.17) is 5.73 Å². The highest BCUT2D eigenvalue weighted by Crippen LogP contribution is 2.28. The summed E-state index contributed by atoms with van der Waals surface area (Å²) in [6.45, 7) is 1.94. The fourth-order valence-corrected chi connectivity index (χ4v) is 5.20. The van der Waals surface area contributed by atoms with Gasteiger partial charge in [0.1, 0.15) is 0 Å². The average Bonchev–Trinajstić information content (AvgIpc) is 2.81. The summed E-state index contributed by atoms with van der Waals surface area (Å²) in [7, 11) is -3.61. The van der Waals surface area contributed by atoms with Gasteiger partial charge in [-0.05, 0) is 26.0 Å². The highest BCUT2D eigenvalue weighted by Gasteiger charge is 2.31. The van der Waals surface area contributed by atoms with Gasteiger partial charge in [0.2, 0.25) is 0 Å². The second-order valence-corrected chi connectivity index (χ2v) is 7.83. The molecule has 8 heteroatoms. The zero-order valence-corrected chi connectivity index (χ0v) is 13.5. The quantitative estimate of drug-likeness (QED) is 0.755. The van der Waals surface area contributed by atoms with E-state index in [1.165, 1.54) is 6.42 Å². The summed E-state index contributed by atoms with van der Waals surface area (Å²) in [6.07, 6.45) is 6.19. The van der Waals surface area contributed by atoms with Crippen LogP contribution in [0.15, 0.2) is 5.03 Å². The van der Waals surface area contributed by atoms with E-state index in [0.717, 1.165) is 19.3 Å². The van der Waals surface area contributed by atoms with Crippen LogP contribution in [0.1, 0.15) is 36.9 Å². The van der Waals surface area contributed by atoms with Gasteiger partial charge in [-0.25, -0.2) is 13.1 Å². The first-order chi connectivity index (χ1) is 9.49. The summed E-state index contributed by atoms with van der Waals surface area (Å²) < 4.78 is 27.8. The van der Waals surface area contributed by atoms with E-state index in [2.05, 4.69) is 14.9 Å². The minimum atomic E-state index is -3.61. The van der Waals surface area contributed by atoms with Crippen LogP contribution in [-0.2, 0) is 16.6 Å². The molecule has 1 aliphatic rings. The van der Waals surface area contributed by atoms with Crippen molar-refractivity contribution in [3.05, 3.63) is 11.3 Å². The normalized spacial score (nSPS) is 23.9. The van der Waals surface area contributed by atoms with Gasteiger partial charge >= 0.3 is 0 Å². The molecule has 20 heavy (non-hydrogen) atoms. The fourth-order valence-electron chi connectivity index (χ4n) is 2.66. The Kier molecular flexibility index (Phi) is 5.11. The van der Waals surface area contributed by atoms with Gasteiger partial charge in [-0.15, -0.1) is 0 Å². The molecule has 1 heterocycles. The topological polar surface area (TPSA) is 101 Å². The smallest absolute Gasteiger partial charge is 0.260 e. The summed E-state index contributed by atoms with van der Waals surface area (Å²) in [5.41, 5.74) is 6.89. The monoisotopic (exact) mass is 318 g/mol. The van der Waals surface area contributed by atoms with E-state index in [1.807, 2.05) is 6.26 Å². The number of sulfonamides is 1. The highest BCUT2D eigenvalue weighted by molar-refractivity contribution is 7.99. The van der Waals surface area contributed by atoms with Gasteiger partial charge in [-0.2, -0.15) is 16.9 Å². The molecular weight excluding hydrogens is 296 g/mol. The van der Waals surface area contributed by atoms with Crippen molar-refractivity contribution in [2.24, 2.45) is 5.73 Å². The predicted octanol–water partition coefficient (Wildman–Crippen LogP) is 1.13. The van der Waals surface area contributed by atoms with Gasteiger partial charge in [-0.1, -0.05) is 12.8 Å². The molecule has 0 aromatic carbocycles. The third-order valence-electron chi connectivity index (χ3n) is 3.81. The van der Waals surface area contributed by atoms with Crippen molar-refractivity contribution in [1.82, 2.24) is 14.9 Å². The number of thioether (sulfide) groups is 1. The standard InChI is InChI=1S/C12H22N4O2S2/c1-8-9(7-13)12(15-14-8)20(17,18)16-10-5-3-4-6-11(10)19-2/h10-11,16H,3-7,13H2,1-2H3,(H,14,15). The number of hydrogen-bond donors (Lipinski definition) is 3. The van der Waals surface area contributed by atoms with E-state index in [-0.39, 0.29) is 17.6 Å². The minimum Gasteiger partial charge on any atom is -0.326 e. The van der Waals surface area contributed by atoms with Crippen LogP contribution >= 0.6 is 11.8 Å². The first-order valence-corrected chi connectivity index (χ1v) is 9.55. The van der Waals surface area contributed by atoms with Crippen molar-refractivity contribution >= 4 is 21.8 Å². The number of nitrogens with zero attached hydrogens (tertiary/aromatic N) is 1. The zero-order valence-electron chi connectivity index (χ0n) is 11.8. The lowest BCUT2D eigenvalue weighted by atomic mass is 9.96. The van der Waals surface area contributed by atoms with Gasteiger partial charge in [0.25, 0.3) is 10.0 Å². The van der Waals surface area contributed by atoms with Crippen LogP contribution in [0.5, 0.6) is 0 Å². The Morgan fingerprint density at radius 3 is 2.80 bits per heavy atom. The van der Waals surface area contributed by atoms with E-state index in [0.29, 0.717) is 16.5 Å². The molecule has 2 atom stereocenters. The molecule has 1 aromatic rings. The van der Waals surface area contributed by atoms with Crippen molar-refractivity contribution in [3.63, 3.8) is 0 Å². The number of nitrogens with one attached hydrogen (secondary N) is 2. The van der Waals surface area contributed by atoms with Crippen LogP contribution in [0.25, 0.3) is 0 Å². The Morgan fingerprint density at radius 2 is 2.15 bits per heavy atom. The third-order valence-corrected chi connectivity index (χ3v) is 6.44. The lowest BCUT2D eigenvalue weighted by Crippen LogP contribution is -2.44. The lowest BCUT2D eigenvalue weighted by molar-refractivity contribution is 0.422. The fraction of sp³-hybridized carbons (Fsp3) is 0.750. The number of hydrogen-bond acceptors (Lipinski definition) is 5. The van der Waals surface area contributed by atoms with Gasteiger partial charge in [-0.3, -0.25) is 5.10 Å². The number of aromatic amines is 1. The SMILES string of the molecule is CSC1CCCCC1NS(=O)(=O)c1n[nH]c(C)c1CN. The summed E-state index contributed by atoms with van der Waals surface area (Å²) in [5, 5.41) is 6.99. The summed E-state index contributed by atoms with van der Waals surface area (Å²) in [5.74, 6) is 0. The molecule has 0 bridgehead atoms. The third kappa shape index (κ3) is 3.19. The van der Waals surface area contributed by atoms with Crippen LogP contribution in [-0.4, -0.2) is 36.2 Å². The number of aryl methyl sites for hydroxylation is 1. The Hall–Kier alpha value is -0.570. The Labute approximate surface area is 124 Å². The Bertz CT molecular complexity index is 556. The number of aromatic nitrogens is 2. The predicted molar refractivity (Wildman–Crippen MR) is 81.1 cm³/mol. The zero-order chi connectivity index (χ0) is 14.8. The molecule has 0 radical (unpaired) electrons. The first kappa shape index (κ1) is 15.8. The lowest BCUT2D eigenvalue weighted by Gasteiger charge is -2.30. The maximum absolute atomic E-state index is 12.5. The second kappa shape index (κ2) is 6.46. The first-order valence-electron chi connectivity index (χ1n) is 6.78. The molecule has 0 aliphatic heterocycles. The van der Waals surface area contributed by atoms with Crippen molar-refractivity contribution in [2.45, 2.75) is 55.5 Å². The molecule has 0 saturated heterocycles. The van der Waals surface area contributed by atoms with Crippen LogP contribution < -0.4 is 10.5 Å². The molecule has 0 spiro atoms. The molecule has 1 saturated carbocycles. The van der Waals surface area contributed by atoms with Crippen molar-refractivity contribution < 1.29 is 8.42 Å². The molecule has 1 aliphatic carbocycles. The molecule has 114 valence electrons. The summed E-state index contributed by atoms with van der Waals surface area (Å²) in [4.78, 5) is 0. The van der Waals surface area contributed by atoms with Crippen LogP contribution in [0.2, 0.25) is 0 Å². The van der Waals surface area contributed by atoms with E-state index in [1.54, 1.807) is 18.7 Å². The summed E-state index contributed by atoms with van der Waals surface area (Å²) >= 11 is 1.73. The molecule has 1 aromatic heterocycles. The van der Waals surface area contributed by atoms with Crippen LogP contribution in [0, 0.1) is 6.92 Å². The van der Waals surface area contributed by atoms with Crippen LogP contribution in [0.4, 0.5) is 0 Å². The van der Waals surface area contributed by atoms with Crippen molar-refractivity contribution in [2.75, 3.05) is 6.26 Å². The maximum atomic E-state index is 12.5. The highest BCUT2D eigenvalue weighted by atomic mass is 32.2. The van der Waals surface area contributed by atoms with E-state index >= 15 is 0 Å². The van der Waals surface area contributed by atoms with Gasteiger partial charge in [0, 0.05) is 29.1 Å². The van der Waals surface area contributed by atoms with Gasteiger partial charge in [0.05, 0.1) is 0 Å². The molecule has 2 unspecified atom stereocenters. The number of H-pyrrole nitrogens is 1. The molecule has 0 amide bonds. The van der Waals surface area contributed by atoms with Crippen molar-refractivity contribution in [1.29, 1.82) is 0 Å². The van der Waals surface area contributed by atoms with E-state index in [9.17, 15) is 8.42 Å². The largest absolute Gasteiger partial charge is 0.326 e. The molecular formula is C12H22N4O2S2. The molecule has 6 nitrogen and oxygen atoms in total. The van der Waals surface area contributed by atoms with Crippen molar-refractivity contribution in [3.8, 4) is 0 Å². The molecule has 2 rings (SSSR count). The molecule has 4 N–H and O–H groups in total.